The number of carboxylic acids is 1. The van der Waals surface area contributed by atoms with Crippen molar-refractivity contribution in [2.45, 2.75) is 26.7 Å². The number of nitrogens with one attached hydrogen (secondary N) is 1. The Labute approximate surface area is 99.6 Å². The third-order valence-corrected chi connectivity index (χ3v) is 3.36. The van der Waals surface area contributed by atoms with Crippen molar-refractivity contribution >= 4 is 17.6 Å². The second-order valence-corrected chi connectivity index (χ2v) is 4.64. The molecule has 2 rings (SSSR count). The molecular weight excluding hydrogens is 218 g/mol. The summed E-state index contributed by atoms with van der Waals surface area (Å²) in [6.45, 7) is 3.94. The summed E-state index contributed by atoms with van der Waals surface area (Å²) in [5.41, 5.74) is 1.69. The van der Waals surface area contributed by atoms with Crippen LogP contribution in [0.1, 0.15) is 24.0 Å². The van der Waals surface area contributed by atoms with E-state index >= 15 is 0 Å². The van der Waals surface area contributed by atoms with Crippen LogP contribution in [0.2, 0.25) is 0 Å². The van der Waals surface area contributed by atoms with Crippen LogP contribution >= 0.6 is 0 Å². The normalized spacial score (nSPS) is 16.4. The number of aliphatic carboxylic acids is 1. The molecule has 1 aromatic carbocycles. The first kappa shape index (κ1) is 11.6. The molecule has 1 amide bonds. The number of hydrogen-bond acceptors (Lipinski definition) is 2. The highest BCUT2D eigenvalue weighted by molar-refractivity contribution is 6.10. The molecule has 0 unspecified atom stereocenters. The van der Waals surface area contributed by atoms with E-state index in [1.54, 1.807) is 6.07 Å². The first-order chi connectivity index (χ1) is 7.95. The molecule has 1 aliphatic carbocycles. The van der Waals surface area contributed by atoms with E-state index in [4.69, 9.17) is 5.11 Å². The molecule has 90 valence electrons. The fraction of sp³-hybridized carbons (Fsp3) is 0.385. The van der Waals surface area contributed by atoms with E-state index in [-0.39, 0.29) is 0 Å². The summed E-state index contributed by atoms with van der Waals surface area (Å²) in [4.78, 5) is 22.8. The monoisotopic (exact) mass is 233 g/mol. The second kappa shape index (κ2) is 3.87. The fourth-order valence-electron chi connectivity index (χ4n) is 1.73. The largest absolute Gasteiger partial charge is 0.480 e. The standard InChI is InChI=1S/C13H15NO3/c1-8-3-4-10(7-9(8)2)14-11(15)13(5-6-13)12(16)17/h3-4,7H,5-6H2,1-2H3,(H,14,15)(H,16,17). The average Bonchev–Trinajstić information content (AvgIpc) is 3.04. The summed E-state index contributed by atoms with van der Waals surface area (Å²) in [6, 6.07) is 5.55. The van der Waals surface area contributed by atoms with Gasteiger partial charge in [-0.15, -0.1) is 0 Å². The highest BCUT2D eigenvalue weighted by Crippen LogP contribution is 2.46. The predicted molar refractivity (Wildman–Crippen MR) is 63.8 cm³/mol. The van der Waals surface area contributed by atoms with Crippen LogP contribution in [0, 0.1) is 19.3 Å². The van der Waals surface area contributed by atoms with Gasteiger partial charge in [-0.2, -0.15) is 0 Å². The van der Waals surface area contributed by atoms with Crippen LogP contribution in [0.3, 0.4) is 0 Å². The number of anilines is 1. The maximum absolute atomic E-state index is 11.8. The molecule has 1 fully saturated rings. The Morgan fingerprint density at radius 1 is 1.24 bits per heavy atom. The van der Waals surface area contributed by atoms with Crippen molar-refractivity contribution in [2.24, 2.45) is 5.41 Å². The summed E-state index contributed by atoms with van der Waals surface area (Å²) < 4.78 is 0. The lowest BCUT2D eigenvalue weighted by atomic mass is 10.1. The van der Waals surface area contributed by atoms with Crippen molar-refractivity contribution in [3.05, 3.63) is 29.3 Å². The number of carbonyl (C=O) groups is 2. The Kier molecular flexibility index (Phi) is 2.65. The Hall–Kier alpha value is -1.84. The quantitative estimate of drug-likeness (QED) is 0.786. The van der Waals surface area contributed by atoms with Crippen LogP contribution in [0.15, 0.2) is 18.2 Å². The van der Waals surface area contributed by atoms with Crippen molar-refractivity contribution in [1.82, 2.24) is 0 Å². The van der Waals surface area contributed by atoms with Crippen LogP contribution in [-0.2, 0) is 9.59 Å². The van der Waals surface area contributed by atoms with Gasteiger partial charge in [0.25, 0.3) is 0 Å². The van der Waals surface area contributed by atoms with Crippen LogP contribution in [0.4, 0.5) is 5.69 Å². The molecule has 0 radical (unpaired) electrons. The highest BCUT2D eigenvalue weighted by Gasteiger charge is 2.57. The Morgan fingerprint density at radius 2 is 1.88 bits per heavy atom. The van der Waals surface area contributed by atoms with Crippen LogP contribution in [0.25, 0.3) is 0 Å². The first-order valence-electron chi connectivity index (χ1n) is 5.58. The smallest absolute Gasteiger partial charge is 0.319 e. The molecule has 1 saturated carbocycles. The van der Waals surface area contributed by atoms with Crippen molar-refractivity contribution in [2.75, 3.05) is 5.32 Å². The summed E-state index contributed by atoms with van der Waals surface area (Å²) >= 11 is 0. The number of aryl methyl sites for hydroxylation is 2. The number of carboxylic acid groups (broad SMARTS) is 1. The van der Waals surface area contributed by atoms with E-state index in [0.29, 0.717) is 18.5 Å². The Morgan fingerprint density at radius 3 is 2.35 bits per heavy atom. The molecule has 0 aromatic heterocycles. The van der Waals surface area contributed by atoms with Crippen molar-refractivity contribution < 1.29 is 14.7 Å². The van der Waals surface area contributed by atoms with E-state index in [9.17, 15) is 9.59 Å². The molecule has 4 nitrogen and oxygen atoms in total. The molecule has 1 aromatic rings. The minimum Gasteiger partial charge on any atom is -0.480 e. The van der Waals surface area contributed by atoms with Gasteiger partial charge in [0.1, 0.15) is 5.41 Å². The van der Waals surface area contributed by atoms with Gasteiger partial charge in [-0.3, -0.25) is 9.59 Å². The molecule has 17 heavy (non-hydrogen) atoms. The van der Waals surface area contributed by atoms with Crippen LogP contribution in [-0.4, -0.2) is 17.0 Å². The molecule has 1 aliphatic rings. The van der Waals surface area contributed by atoms with Crippen molar-refractivity contribution in [3.8, 4) is 0 Å². The third-order valence-electron chi connectivity index (χ3n) is 3.36. The zero-order chi connectivity index (χ0) is 12.6. The second-order valence-electron chi connectivity index (χ2n) is 4.64. The lowest BCUT2D eigenvalue weighted by molar-refractivity contribution is -0.147. The summed E-state index contributed by atoms with van der Waals surface area (Å²) in [5.74, 6) is -1.44. The number of carbonyl (C=O) groups excluding carboxylic acids is 1. The zero-order valence-corrected chi connectivity index (χ0v) is 9.91. The van der Waals surface area contributed by atoms with Gasteiger partial charge in [0.15, 0.2) is 0 Å². The lowest BCUT2D eigenvalue weighted by Crippen LogP contribution is -2.31. The van der Waals surface area contributed by atoms with Gasteiger partial charge in [0, 0.05) is 5.69 Å². The van der Waals surface area contributed by atoms with Crippen LogP contribution in [0.5, 0.6) is 0 Å². The predicted octanol–water partition coefficient (Wildman–Crippen LogP) is 2.11. The van der Waals surface area contributed by atoms with Gasteiger partial charge in [-0.25, -0.2) is 0 Å². The van der Waals surface area contributed by atoms with Gasteiger partial charge in [0.2, 0.25) is 5.91 Å². The van der Waals surface area contributed by atoms with Gasteiger partial charge in [0.05, 0.1) is 0 Å². The molecule has 0 saturated heterocycles. The van der Waals surface area contributed by atoms with Gasteiger partial charge in [-0.05, 0) is 49.9 Å². The molecule has 0 heterocycles. The molecule has 0 spiro atoms. The number of hydrogen-bond donors (Lipinski definition) is 2. The zero-order valence-electron chi connectivity index (χ0n) is 9.91. The molecule has 0 aliphatic heterocycles. The van der Waals surface area contributed by atoms with E-state index in [0.717, 1.165) is 11.1 Å². The molecule has 0 atom stereocenters. The first-order valence-corrected chi connectivity index (χ1v) is 5.58. The van der Waals surface area contributed by atoms with E-state index in [2.05, 4.69) is 5.32 Å². The Balaban J connectivity index is 2.14. The van der Waals surface area contributed by atoms with E-state index in [1.165, 1.54) is 0 Å². The van der Waals surface area contributed by atoms with Gasteiger partial charge >= 0.3 is 5.97 Å². The highest BCUT2D eigenvalue weighted by atomic mass is 16.4. The number of benzene rings is 1. The minimum atomic E-state index is -1.18. The molecule has 2 N–H and O–H groups in total. The van der Waals surface area contributed by atoms with E-state index < -0.39 is 17.3 Å². The number of amides is 1. The van der Waals surface area contributed by atoms with Gasteiger partial charge < -0.3 is 10.4 Å². The maximum atomic E-state index is 11.8. The van der Waals surface area contributed by atoms with Gasteiger partial charge in [-0.1, -0.05) is 6.07 Å². The fourth-order valence-corrected chi connectivity index (χ4v) is 1.73. The SMILES string of the molecule is Cc1ccc(NC(=O)C2(C(=O)O)CC2)cc1C. The Bertz CT molecular complexity index is 489. The third kappa shape index (κ3) is 2.02. The van der Waals surface area contributed by atoms with Crippen LogP contribution < -0.4 is 5.32 Å². The average molecular weight is 233 g/mol. The summed E-state index contributed by atoms with van der Waals surface area (Å²) in [6.07, 6.45) is 0.859. The number of rotatable bonds is 3. The lowest BCUT2D eigenvalue weighted by Gasteiger charge is -2.11. The topological polar surface area (TPSA) is 66.4 Å². The summed E-state index contributed by atoms with van der Waals surface area (Å²) in [7, 11) is 0. The van der Waals surface area contributed by atoms with Crippen molar-refractivity contribution in [1.29, 1.82) is 0 Å². The molecule has 4 heteroatoms. The minimum absolute atomic E-state index is 0.409. The maximum Gasteiger partial charge on any atom is 0.319 e. The van der Waals surface area contributed by atoms with E-state index in [1.807, 2.05) is 26.0 Å². The summed E-state index contributed by atoms with van der Waals surface area (Å²) in [5, 5.41) is 11.7. The molecule has 0 bridgehead atoms. The van der Waals surface area contributed by atoms with Crippen molar-refractivity contribution in [3.63, 3.8) is 0 Å². The molecular formula is C13H15NO3.